The predicted molar refractivity (Wildman–Crippen MR) is 71.0 cm³/mol. The lowest BCUT2D eigenvalue weighted by molar-refractivity contribution is 0.279. The topological polar surface area (TPSA) is 0 Å². The van der Waals surface area contributed by atoms with Gasteiger partial charge in [-0.15, -0.1) is 11.6 Å². The summed E-state index contributed by atoms with van der Waals surface area (Å²) in [5.74, 6) is 0.791. The van der Waals surface area contributed by atoms with E-state index >= 15 is 0 Å². The lowest BCUT2D eigenvalue weighted by Gasteiger charge is -2.30. The molecule has 1 rings (SSSR count). The average molecular weight is 245 g/mol. The van der Waals surface area contributed by atoms with Crippen LogP contribution in [-0.4, -0.2) is 5.88 Å². The highest BCUT2D eigenvalue weighted by atomic mass is 35.5. The molecule has 0 saturated carbocycles. The SMILES string of the molecule is CCCCC(CC)(CCl)Cc1ccsc1. The molecule has 0 nitrogen and oxygen atoms in total. The van der Waals surface area contributed by atoms with Crippen LogP contribution >= 0.6 is 22.9 Å². The second-order valence-electron chi connectivity index (χ2n) is 4.40. The maximum absolute atomic E-state index is 6.18. The van der Waals surface area contributed by atoms with E-state index in [9.17, 15) is 0 Å². The predicted octanol–water partition coefficient (Wildman–Crippen LogP) is 5.12. The van der Waals surface area contributed by atoms with Crippen LogP contribution in [0.1, 0.15) is 45.1 Å². The zero-order chi connectivity index (χ0) is 11.1. The van der Waals surface area contributed by atoms with Crippen molar-refractivity contribution >= 4 is 22.9 Å². The van der Waals surface area contributed by atoms with Crippen molar-refractivity contribution in [1.29, 1.82) is 0 Å². The maximum atomic E-state index is 6.18. The van der Waals surface area contributed by atoms with Gasteiger partial charge < -0.3 is 0 Å². The van der Waals surface area contributed by atoms with E-state index in [2.05, 4.69) is 30.7 Å². The van der Waals surface area contributed by atoms with Gasteiger partial charge in [0.15, 0.2) is 0 Å². The van der Waals surface area contributed by atoms with Gasteiger partial charge in [0.2, 0.25) is 0 Å². The molecule has 0 spiro atoms. The number of hydrogen-bond acceptors (Lipinski definition) is 1. The summed E-state index contributed by atoms with van der Waals surface area (Å²) in [4.78, 5) is 0. The zero-order valence-corrected chi connectivity index (χ0v) is 11.3. The molecule has 1 atom stereocenters. The maximum Gasteiger partial charge on any atom is 0.0283 e. The van der Waals surface area contributed by atoms with Crippen molar-refractivity contribution in [3.63, 3.8) is 0 Å². The van der Waals surface area contributed by atoms with Crippen LogP contribution in [-0.2, 0) is 6.42 Å². The van der Waals surface area contributed by atoms with Crippen molar-refractivity contribution in [2.75, 3.05) is 5.88 Å². The van der Waals surface area contributed by atoms with Crippen molar-refractivity contribution in [2.45, 2.75) is 46.0 Å². The summed E-state index contributed by atoms with van der Waals surface area (Å²) in [7, 11) is 0. The number of rotatable bonds is 7. The van der Waals surface area contributed by atoms with E-state index in [4.69, 9.17) is 11.6 Å². The molecule has 0 aromatic carbocycles. The van der Waals surface area contributed by atoms with Gasteiger partial charge in [-0.3, -0.25) is 0 Å². The Labute approximate surface area is 103 Å². The van der Waals surface area contributed by atoms with E-state index in [1.54, 1.807) is 11.3 Å². The van der Waals surface area contributed by atoms with E-state index in [0.29, 0.717) is 5.41 Å². The number of alkyl halides is 1. The largest absolute Gasteiger partial charge is 0.152 e. The fourth-order valence-corrected chi connectivity index (χ4v) is 3.06. The third-order valence-electron chi connectivity index (χ3n) is 3.25. The van der Waals surface area contributed by atoms with Crippen molar-refractivity contribution < 1.29 is 0 Å². The number of unbranched alkanes of at least 4 members (excludes halogenated alkanes) is 1. The van der Waals surface area contributed by atoms with Crippen molar-refractivity contribution in [2.24, 2.45) is 5.41 Å². The Morgan fingerprint density at radius 2 is 2.20 bits per heavy atom. The molecule has 1 aromatic heterocycles. The Balaban J connectivity index is 2.63. The zero-order valence-electron chi connectivity index (χ0n) is 9.76. The number of hydrogen-bond donors (Lipinski definition) is 0. The van der Waals surface area contributed by atoms with Crippen LogP contribution in [0.15, 0.2) is 16.8 Å². The summed E-state index contributed by atoms with van der Waals surface area (Å²) in [6, 6.07) is 2.23. The molecule has 86 valence electrons. The minimum absolute atomic E-state index is 0.332. The van der Waals surface area contributed by atoms with Gasteiger partial charge >= 0.3 is 0 Å². The molecule has 15 heavy (non-hydrogen) atoms. The lowest BCUT2D eigenvalue weighted by Crippen LogP contribution is -2.24. The van der Waals surface area contributed by atoms with Gasteiger partial charge in [-0.05, 0) is 47.1 Å². The second kappa shape index (κ2) is 6.55. The van der Waals surface area contributed by atoms with Crippen molar-refractivity contribution in [1.82, 2.24) is 0 Å². The minimum Gasteiger partial charge on any atom is -0.152 e. The summed E-state index contributed by atoms with van der Waals surface area (Å²) in [6.45, 7) is 4.52. The van der Waals surface area contributed by atoms with E-state index in [1.807, 2.05) is 0 Å². The standard InChI is InChI=1S/C13H21ClS/c1-3-5-7-13(4-2,11-14)9-12-6-8-15-10-12/h6,8,10H,3-5,7,9,11H2,1-2H3. The van der Waals surface area contributed by atoms with Gasteiger partial charge in [-0.25, -0.2) is 0 Å². The summed E-state index contributed by atoms with van der Waals surface area (Å²) in [6.07, 6.45) is 6.16. The Kier molecular flexibility index (Phi) is 5.70. The first-order chi connectivity index (χ1) is 7.26. The molecule has 0 saturated heterocycles. The molecule has 0 fully saturated rings. The Hall–Kier alpha value is -0.0100. The van der Waals surface area contributed by atoms with E-state index < -0.39 is 0 Å². The smallest absolute Gasteiger partial charge is 0.0283 e. The first kappa shape index (κ1) is 13.1. The first-order valence-electron chi connectivity index (χ1n) is 5.83. The second-order valence-corrected chi connectivity index (χ2v) is 5.45. The highest BCUT2D eigenvalue weighted by Gasteiger charge is 2.26. The van der Waals surface area contributed by atoms with E-state index in [0.717, 1.165) is 12.3 Å². The summed E-state index contributed by atoms with van der Waals surface area (Å²) < 4.78 is 0. The number of thiophene rings is 1. The van der Waals surface area contributed by atoms with Gasteiger partial charge in [0.25, 0.3) is 0 Å². The monoisotopic (exact) mass is 244 g/mol. The molecule has 0 amide bonds. The Morgan fingerprint density at radius 3 is 2.67 bits per heavy atom. The highest BCUT2D eigenvalue weighted by Crippen LogP contribution is 2.34. The average Bonchev–Trinajstić information content (AvgIpc) is 2.77. The van der Waals surface area contributed by atoms with Crippen LogP contribution in [0.2, 0.25) is 0 Å². The fourth-order valence-electron chi connectivity index (χ4n) is 1.98. The molecular weight excluding hydrogens is 224 g/mol. The van der Waals surface area contributed by atoms with Gasteiger partial charge in [0, 0.05) is 5.88 Å². The Bertz CT molecular complexity index is 250. The normalized spacial score (nSPS) is 15.1. The van der Waals surface area contributed by atoms with Crippen LogP contribution in [0.25, 0.3) is 0 Å². The molecule has 1 aromatic rings. The molecule has 0 radical (unpaired) electrons. The van der Waals surface area contributed by atoms with Gasteiger partial charge in [0.05, 0.1) is 0 Å². The molecule has 0 aliphatic carbocycles. The van der Waals surface area contributed by atoms with Gasteiger partial charge in [0.1, 0.15) is 0 Å². The first-order valence-corrected chi connectivity index (χ1v) is 7.31. The fraction of sp³-hybridized carbons (Fsp3) is 0.692. The molecule has 2 heteroatoms. The summed E-state index contributed by atoms with van der Waals surface area (Å²) in [5, 5.41) is 4.41. The number of halogens is 1. The quantitative estimate of drug-likeness (QED) is 0.585. The van der Waals surface area contributed by atoms with Crippen LogP contribution in [0.5, 0.6) is 0 Å². The molecule has 0 N–H and O–H groups in total. The van der Waals surface area contributed by atoms with E-state index in [-0.39, 0.29) is 0 Å². The summed E-state index contributed by atoms with van der Waals surface area (Å²) in [5.41, 5.74) is 1.79. The third kappa shape index (κ3) is 3.81. The lowest BCUT2D eigenvalue weighted by atomic mass is 9.77. The molecule has 1 heterocycles. The summed E-state index contributed by atoms with van der Waals surface area (Å²) >= 11 is 7.96. The molecule has 0 aliphatic rings. The van der Waals surface area contributed by atoms with E-state index in [1.165, 1.54) is 31.2 Å². The molecule has 0 aliphatic heterocycles. The van der Waals surface area contributed by atoms with Crippen molar-refractivity contribution in [3.05, 3.63) is 22.4 Å². The van der Waals surface area contributed by atoms with Gasteiger partial charge in [-0.1, -0.05) is 26.7 Å². The van der Waals surface area contributed by atoms with Crippen LogP contribution in [0.3, 0.4) is 0 Å². The molecule has 0 bridgehead atoms. The Morgan fingerprint density at radius 1 is 1.40 bits per heavy atom. The van der Waals surface area contributed by atoms with Crippen LogP contribution < -0.4 is 0 Å². The van der Waals surface area contributed by atoms with Gasteiger partial charge in [-0.2, -0.15) is 11.3 Å². The molecule has 1 unspecified atom stereocenters. The van der Waals surface area contributed by atoms with Crippen molar-refractivity contribution in [3.8, 4) is 0 Å². The van der Waals surface area contributed by atoms with Crippen LogP contribution in [0, 0.1) is 5.41 Å². The van der Waals surface area contributed by atoms with Crippen LogP contribution in [0.4, 0.5) is 0 Å². The molecular formula is C13H21ClS. The minimum atomic E-state index is 0.332. The third-order valence-corrected chi connectivity index (χ3v) is 4.55. The highest BCUT2D eigenvalue weighted by molar-refractivity contribution is 7.07.